The molecule has 1 spiro atoms. The van der Waals surface area contributed by atoms with Crippen LogP contribution in [0.4, 0.5) is 5.69 Å². The molecule has 2 aromatic rings. The van der Waals surface area contributed by atoms with E-state index in [0.717, 1.165) is 0 Å². The van der Waals surface area contributed by atoms with Crippen LogP contribution >= 0.6 is 27.5 Å². The van der Waals surface area contributed by atoms with Crippen molar-refractivity contribution in [2.75, 3.05) is 18.1 Å². The summed E-state index contributed by atoms with van der Waals surface area (Å²) in [6.45, 7) is 12.9. The number of hydrogen-bond donors (Lipinski definition) is 2. The molecule has 12 heteroatoms. The van der Waals surface area contributed by atoms with Crippen molar-refractivity contribution < 1.29 is 33.8 Å². The third-order valence-corrected chi connectivity index (χ3v) is 11.7. The number of allylic oxidation sites excluding steroid dienone is 1. The maximum atomic E-state index is 15.0. The minimum absolute atomic E-state index is 0.134. The molecule has 3 fully saturated rings. The molecule has 0 saturated carbocycles. The van der Waals surface area contributed by atoms with Gasteiger partial charge in [-0.2, -0.15) is 0 Å². The molecule has 0 aliphatic carbocycles. The van der Waals surface area contributed by atoms with Crippen LogP contribution in [0.2, 0.25) is 5.02 Å². The van der Waals surface area contributed by atoms with Gasteiger partial charge in [0.15, 0.2) is 0 Å². The third kappa shape index (κ3) is 7.40. The van der Waals surface area contributed by atoms with Gasteiger partial charge in [0.1, 0.15) is 17.7 Å². The maximum Gasteiger partial charge on any atom is 0.313 e. The number of likely N-dealkylation sites (tertiary alicyclic amines) is 1. The van der Waals surface area contributed by atoms with Crippen LogP contribution in [0.25, 0.3) is 0 Å². The van der Waals surface area contributed by atoms with Crippen LogP contribution in [0.15, 0.2) is 79.9 Å². The van der Waals surface area contributed by atoms with Crippen molar-refractivity contribution in [3.05, 3.63) is 90.5 Å². The number of halogens is 2. The van der Waals surface area contributed by atoms with E-state index in [-0.39, 0.29) is 42.6 Å². The first-order valence-electron chi connectivity index (χ1n) is 17.5. The molecule has 3 heterocycles. The molecular weight excluding hydrogens is 738 g/mol. The average molecular weight is 785 g/mol. The van der Waals surface area contributed by atoms with Crippen molar-refractivity contribution in [2.45, 2.75) is 87.2 Å². The zero-order chi connectivity index (χ0) is 37.0. The summed E-state index contributed by atoms with van der Waals surface area (Å²) in [5.41, 5.74) is -0.172. The van der Waals surface area contributed by atoms with Crippen molar-refractivity contribution in [1.29, 1.82) is 0 Å². The Hall–Kier alpha value is -3.51. The summed E-state index contributed by atoms with van der Waals surface area (Å²) in [5.74, 6) is -4.03. The number of fused-ring (bicyclic) bond motifs is 1. The molecule has 3 aliphatic heterocycles. The molecule has 2 bridgehead atoms. The molecule has 3 saturated heterocycles. The Morgan fingerprint density at radius 1 is 1.16 bits per heavy atom. The van der Waals surface area contributed by atoms with Crippen molar-refractivity contribution in [3.8, 4) is 0 Å². The summed E-state index contributed by atoms with van der Waals surface area (Å²) in [6.07, 6.45) is 3.26. The van der Waals surface area contributed by atoms with Crippen molar-refractivity contribution in [1.82, 2.24) is 10.2 Å². The number of rotatable bonds is 16. The Kier molecular flexibility index (Phi) is 12.5. The summed E-state index contributed by atoms with van der Waals surface area (Å²) in [7, 11) is 0. The second-order valence-electron chi connectivity index (χ2n) is 13.7. The maximum absolute atomic E-state index is 15.0. The van der Waals surface area contributed by atoms with Crippen LogP contribution in [0, 0.1) is 17.8 Å². The number of carbonyl (C=O) groups is 4. The van der Waals surface area contributed by atoms with Gasteiger partial charge in [-0.25, -0.2) is 0 Å². The number of alkyl halides is 1. The minimum atomic E-state index is -1.39. The molecule has 0 radical (unpaired) electrons. The highest BCUT2D eigenvalue weighted by molar-refractivity contribution is 9.09. The Morgan fingerprint density at radius 3 is 2.45 bits per heavy atom. The Morgan fingerprint density at radius 2 is 1.84 bits per heavy atom. The summed E-state index contributed by atoms with van der Waals surface area (Å²) >= 11 is 9.91. The topological polar surface area (TPSA) is 125 Å². The van der Waals surface area contributed by atoms with Crippen LogP contribution in [0.3, 0.4) is 0 Å². The molecule has 10 nitrogen and oxygen atoms in total. The second-order valence-corrected chi connectivity index (χ2v) is 15.3. The molecular formula is C39H47BrClN3O7. The van der Waals surface area contributed by atoms with Crippen molar-refractivity contribution in [2.24, 2.45) is 17.8 Å². The van der Waals surface area contributed by atoms with Crippen LogP contribution in [-0.4, -0.2) is 81.5 Å². The van der Waals surface area contributed by atoms with E-state index >= 15 is 0 Å². The molecule has 3 amide bonds. The van der Waals surface area contributed by atoms with Gasteiger partial charge in [0.05, 0.1) is 36.6 Å². The number of esters is 1. The van der Waals surface area contributed by atoms with E-state index in [1.165, 1.54) is 9.80 Å². The highest BCUT2D eigenvalue weighted by atomic mass is 79.9. The van der Waals surface area contributed by atoms with E-state index in [4.69, 9.17) is 21.1 Å². The third-order valence-electron chi connectivity index (χ3n) is 10.6. The molecule has 0 aromatic heterocycles. The van der Waals surface area contributed by atoms with E-state index in [1.807, 2.05) is 44.2 Å². The van der Waals surface area contributed by atoms with E-state index in [0.29, 0.717) is 29.1 Å². The molecule has 2 N–H and O–H groups in total. The number of aliphatic hydroxyl groups is 1. The molecule has 10 atom stereocenters. The van der Waals surface area contributed by atoms with Crippen molar-refractivity contribution >= 4 is 56.9 Å². The number of nitrogens with one attached hydrogen (secondary N) is 1. The predicted octanol–water partition coefficient (Wildman–Crippen LogP) is 5.77. The van der Waals surface area contributed by atoms with Gasteiger partial charge in [0.2, 0.25) is 11.8 Å². The summed E-state index contributed by atoms with van der Waals surface area (Å²) in [4.78, 5) is 59.7. The van der Waals surface area contributed by atoms with Gasteiger partial charge in [-0.15, -0.1) is 13.2 Å². The number of amides is 3. The van der Waals surface area contributed by atoms with Crippen LogP contribution in [0.5, 0.6) is 0 Å². The lowest BCUT2D eigenvalue weighted by atomic mass is 9.70. The number of aliphatic hydroxyl groups excluding tert-OH is 1. The zero-order valence-electron chi connectivity index (χ0n) is 29.3. The van der Waals surface area contributed by atoms with Crippen molar-refractivity contribution in [3.63, 3.8) is 0 Å². The fourth-order valence-electron chi connectivity index (χ4n) is 7.95. The first kappa shape index (κ1) is 38.7. The normalized spacial score (nSPS) is 27.2. The van der Waals surface area contributed by atoms with E-state index < -0.39 is 65.6 Å². The molecule has 274 valence electrons. The lowest BCUT2D eigenvalue weighted by Crippen LogP contribution is -2.60. The minimum Gasteiger partial charge on any atom is -0.455 e. The zero-order valence-corrected chi connectivity index (χ0v) is 31.6. The average Bonchev–Trinajstić information content (AvgIpc) is 3.72. The number of ether oxygens (including phenoxy) is 2. The fraction of sp³-hybridized carbons (Fsp3) is 0.487. The van der Waals surface area contributed by atoms with Gasteiger partial charge in [0.25, 0.3) is 5.91 Å². The van der Waals surface area contributed by atoms with E-state index in [1.54, 1.807) is 43.3 Å². The quantitative estimate of drug-likeness (QED) is 0.126. The van der Waals surface area contributed by atoms with Gasteiger partial charge in [-0.1, -0.05) is 90.3 Å². The molecule has 3 aliphatic rings. The number of benzene rings is 2. The van der Waals surface area contributed by atoms with E-state index in [2.05, 4.69) is 34.4 Å². The Labute approximate surface area is 313 Å². The highest BCUT2D eigenvalue weighted by Gasteiger charge is 2.78. The van der Waals surface area contributed by atoms with Gasteiger partial charge < -0.3 is 29.7 Å². The number of nitrogens with zero attached hydrogens (tertiary/aromatic N) is 2. The first-order valence-corrected chi connectivity index (χ1v) is 18.8. The molecule has 1 unspecified atom stereocenters. The second kappa shape index (κ2) is 16.4. The number of hydrogen-bond acceptors (Lipinski definition) is 7. The van der Waals surface area contributed by atoms with E-state index in [9.17, 15) is 24.3 Å². The Balaban J connectivity index is 1.55. The van der Waals surface area contributed by atoms with Crippen LogP contribution in [-0.2, 0) is 28.7 Å². The first-order chi connectivity index (χ1) is 24.4. The highest BCUT2D eigenvalue weighted by Crippen LogP contribution is 2.61. The van der Waals surface area contributed by atoms with Crippen LogP contribution < -0.4 is 10.2 Å². The van der Waals surface area contributed by atoms with Gasteiger partial charge in [-0.05, 0) is 55.5 Å². The lowest BCUT2D eigenvalue weighted by molar-refractivity contribution is -0.162. The summed E-state index contributed by atoms with van der Waals surface area (Å²) in [6, 6.07) is 13.4. The van der Waals surface area contributed by atoms with Gasteiger partial charge in [0, 0.05) is 28.5 Å². The van der Waals surface area contributed by atoms with Gasteiger partial charge in [-0.3, -0.25) is 19.2 Å². The number of carbonyl (C=O) groups excluding carboxylic acids is 4. The fourth-order valence-corrected chi connectivity index (χ4v) is 9.02. The predicted molar refractivity (Wildman–Crippen MR) is 199 cm³/mol. The largest absolute Gasteiger partial charge is 0.455 e. The van der Waals surface area contributed by atoms with Gasteiger partial charge >= 0.3 is 5.97 Å². The SMILES string of the molecule is C=CCCC(=O)N[C@@H](C)[C@H](OC(=O)[C@H]1[C@@H]2O[C@@]3(CC2Br)[C@@H]1C(=O)N([C@@H](CO)[C@@H](C)CC)[C@@H]3C(=O)N(CC=C)c1ccc(Cl)cc1)c1ccccc1. The number of anilines is 1. The smallest absolute Gasteiger partial charge is 0.313 e. The monoisotopic (exact) mass is 783 g/mol. The molecule has 5 rings (SSSR count). The summed E-state index contributed by atoms with van der Waals surface area (Å²) < 4.78 is 13.0. The lowest BCUT2D eigenvalue weighted by Gasteiger charge is -2.41. The van der Waals surface area contributed by atoms with Crippen LogP contribution in [0.1, 0.15) is 58.1 Å². The summed E-state index contributed by atoms with van der Waals surface area (Å²) in [5, 5.41) is 14.2. The molecule has 2 aromatic carbocycles. The standard InChI is InChI=1S/C39H47BrClN3O7/c1-6-9-15-30(46)42-24(5)33(25-13-11-10-12-14-25)50-38(49)31-32-36(47)44(29(22-45)23(4)8-3)35(39(32)21-28(40)34(31)51-39)37(48)43(20-7-2)27-18-16-26(41)17-19-27/h6-7,10-14,16-19,23-24,28-29,31-35,45H,1-2,8-9,15,20-22H2,3-5H3,(H,42,46)/t23-,24-,28?,29-,31+,32-,33-,34+,35+,39-/m0/s1. The molecule has 51 heavy (non-hydrogen) atoms. The Bertz CT molecular complexity index is 1610.